The van der Waals surface area contributed by atoms with Gasteiger partial charge in [0.15, 0.2) is 0 Å². The highest BCUT2D eigenvalue weighted by Gasteiger charge is 2.20. The van der Waals surface area contributed by atoms with Crippen molar-refractivity contribution >= 4 is 21.4 Å². The number of nitrogens with one attached hydrogen (secondary N) is 1. The molecule has 0 fully saturated rings. The largest absolute Gasteiger partial charge is 0.497 e. The third kappa shape index (κ3) is 3.38. The molecule has 0 atom stereocenters. The minimum absolute atomic E-state index is 0.00762. The molecule has 0 amide bonds. The molecular formula is C14H16N2O4S. The van der Waals surface area contributed by atoms with Crippen LogP contribution in [-0.4, -0.2) is 22.6 Å². The van der Waals surface area contributed by atoms with Gasteiger partial charge in [0.2, 0.25) is 0 Å². The van der Waals surface area contributed by atoms with Crippen molar-refractivity contribution in [3.05, 3.63) is 42.5 Å². The minimum Gasteiger partial charge on any atom is -0.497 e. The number of nitrogen functional groups attached to an aromatic ring is 1. The Hall–Kier alpha value is -2.41. The van der Waals surface area contributed by atoms with E-state index in [1.54, 1.807) is 24.3 Å². The van der Waals surface area contributed by atoms with Gasteiger partial charge in [-0.25, -0.2) is 8.42 Å². The van der Waals surface area contributed by atoms with Gasteiger partial charge in [-0.15, -0.1) is 0 Å². The zero-order chi connectivity index (χ0) is 15.5. The van der Waals surface area contributed by atoms with Gasteiger partial charge < -0.3 is 15.2 Å². The van der Waals surface area contributed by atoms with E-state index in [0.29, 0.717) is 17.1 Å². The van der Waals surface area contributed by atoms with E-state index in [2.05, 4.69) is 4.72 Å². The summed E-state index contributed by atoms with van der Waals surface area (Å²) < 4.78 is 37.5. The van der Waals surface area contributed by atoms with Crippen molar-refractivity contribution in [2.24, 2.45) is 0 Å². The van der Waals surface area contributed by atoms with Crippen molar-refractivity contribution in [2.45, 2.75) is 4.90 Å². The number of methoxy groups -OCH3 is 2. The Balaban J connectivity index is 2.43. The first kappa shape index (κ1) is 15.0. The molecule has 112 valence electrons. The lowest BCUT2D eigenvalue weighted by atomic mass is 10.3. The van der Waals surface area contributed by atoms with Crippen LogP contribution >= 0.6 is 0 Å². The Morgan fingerprint density at radius 1 is 1.05 bits per heavy atom. The van der Waals surface area contributed by atoms with Crippen LogP contribution in [0, 0.1) is 0 Å². The quantitative estimate of drug-likeness (QED) is 0.825. The average Bonchev–Trinajstić information content (AvgIpc) is 2.46. The fourth-order valence-corrected chi connectivity index (χ4v) is 3.04. The van der Waals surface area contributed by atoms with Crippen molar-refractivity contribution in [3.8, 4) is 11.5 Å². The standard InChI is InChI=1S/C14H16N2O4S/c1-19-12-6-7-13(20-2)14(9-12)21(17,18)16-11-5-3-4-10(15)8-11/h3-9,16H,15H2,1-2H3. The third-order valence-electron chi connectivity index (χ3n) is 2.80. The molecule has 0 bridgehead atoms. The van der Waals surface area contributed by atoms with Crippen LogP contribution in [0.4, 0.5) is 11.4 Å². The number of benzene rings is 2. The highest BCUT2D eigenvalue weighted by atomic mass is 32.2. The van der Waals surface area contributed by atoms with Crippen LogP contribution in [0.5, 0.6) is 11.5 Å². The summed E-state index contributed by atoms with van der Waals surface area (Å²) in [7, 11) is -0.950. The van der Waals surface area contributed by atoms with Crippen LogP contribution in [0.1, 0.15) is 0 Å². The summed E-state index contributed by atoms with van der Waals surface area (Å²) in [5.74, 6) is 0.649. The van der Waals surface area contributed by atoms with Gasteiger partial charge in [0.05, 0.1) is 19.9 Å². The first-order chi connectivity index (χ1) is 9.96. The second kappa shape index (κ2) is 5.92. The highest BCUT2D eigenvalue weighted by molar-refractivity contribution is 7.92. The molecule has 21 heavy (non-hydrogen) atoms. The first-order valence-corrected chi connectivity index (χ1v) is 7.55. The van der Waals surface area contributed by atoms with Crippen LogP contribution in [0.25, 0.3) is 0 Å². The first-order valence-electron chi connectivity index (χ1n) is 6.06. The molecule has 0 aliphatic carbocycles. The Bertz CT molecular complexity index is 744. The van der Waals surface area contributed by atoms with Crippen LogP contribution in [0.3, 0.4) is 0 Å². The van der Waals surface area contributed by atoms with Gasteiger partial charge in [-0.3, -0.25) is 4.72 Å². The Kier molecular flexibility index (Phi) is 4.23. The number of rotatable bonds is 5. The molecular weight excluding hydrogens is 292 g/mol. The van der Waals surface area contributed by atoms with Gasteiger partial charge in [-0.2, -0.15) is 0 Å². The van der Waals surface area contributed by atoms with Crippen LogP contribution < -0.4 is 19.9 Å². The van der Waals surface area contributed by atoms with Crippen molar-refractivity contribution in [1.29, 1.82) is 0 Å². The SMILES string of the molecule is COc1ccc(OC)c(S(=O)(=O)Nc2cccc(N)c2)c1. The maximum absolute atomic E-state index is 12.5. The van der Waals surface area contributed by atoms with Crippen molar-refractivity contribution in [2.75, 3.05) is 24.7 Å². The van der Waals surface area contributed by atoms with Crippen LogP contribution in [0.2, 0.25) is 0 Å². The maximum atomic E-state index is 12.5. The monoisotopic (exact) mass is 308 g/mol. The van der Waals surface area contributed by atoms with E-state index in [4.69, 9.17) is 15.2 Å². The summed E-state index contributed by atoms with van der Waals surface area (Å²) in [4.78, 5) is -0.00762. The van der Waals surface area contributed by atoms with Crippen LogP contribution in [-0.2, 0) is 10.0 Å². The summed E-state index contributed by atoms with van der Waals surface area (Å²) in [5.41, 5.74) is 6.48. The molecule has 0 heterocycles. The Morgan fingerprint density at radius 2 is 1.81 bits per heavy atom. The smallest absolute Gasteiger partial charge is 0.265 e. The van der Waals surface area contributed by atoms with E-state index in [1.165, 1.54) is 32.4 Å². The Labute approximate surface area is 123 Å². The summed E-state index contributed by atoms with van der Waals surface area (Å²) >= 11 is 0. The van der Waals surface area contributed by atoms with E-state index < -0.39 is 10.0 Å². The Morgan fingerprint density at radius 3 is 2.43 bits per heavy atom. The number of hydrogen-bond acceptors (Lipinski definition) is 5. The molecule has 0 aromatic heterocycles. The lowest BCUT2D eigenvalue weighted by Crippen LogP contribution is -2.14. The topological polar surface area (TPSA) is 90.6 Å². The number of hydrogen-bond donors (Lipinski definition) is 2. The lowest BCUT2D eigenvalue weighted by Gasteiger charge is -2.13. The van der Waals surface area contributed by atoms with E-state index in [9.17, 15) is 8.42 Å². The zero-order valence-electron chi connectivity index (χ0n) is 11.7. The van der Waals surface area contributed by atoms with Gasteiger partial charge in [-0.1, -0.05) is 6.07 Å². The third-order valence-corrected chi connectivity index (χ3v) is 4.20. The van der Waals surface area contributed by atoms with Gasteiger partial charge in [0, 0.05) is 11.8 Å². The predicted octanol–water partition coefficient (Wildman–Crippen LogP) is 2.09. The molecule has 0 spiro atoms. The molecule has 2 aromatic carbocycles. The number of anilines is 2. The fraction of sp³-hybridized carbons (Fsp3) is 0.143. The molecule has 3 N–H and O–H groups in total. The molecule has 0 radical (unpaired) electrons. The van der Waals surface area contributed by atoms with E-state index >= 15 is 0 Å². The highest BCUT2D eigenvalue weighted by Crippen LogP contribution is 2.29. The van der Waals surface area contributed by atoms with Crippen molar-refractivity contribution in [1.82, 2.24) is 0 Å². The summed E-state index contributed by atoms with van der Waals surface area (Å²) in [5, 5.41) is 0. The average molecular weight is 308 g/mol. The summed E-state index contributed by atoms with van der Waals surface area (Å²) in [6.45, 7) is 0. The minimum atomic E-state index is -3.82. The normalized spacial score (nSPS) is 11.0. The molecule has 6 nitrogen and oxygen atoms in total. The zero-order valence-corrected chi connectivity index (χ0v) is 12.5. The molecule has 0 saturated carbocycles. The van der Waals surface area contributed by atoms with Gasteiger partial charge in [-0.05, 0) is 30.3 Å². The van der Waals surface area contributed by atoms with Crippen molar-refractivity contribution < 1.29 is 17.9 Å². The van der Waals surface area contributed by atoms with Crippen LogP contribution in [0.15, 0.2) is 47.4 Å². The second-order valence-corrected chi connectivity index (χ2v) is 5.90. The summed E-state index contributed by atoms with van der Waals surface area (Å²) in [6, 6.07) is 11.0. The lowest BCUT2D eigenvalue weighted by molar-refractivity contribution is 0.392. The maximum Gasteiger partial charge on any atom is 0.265 e. The molecule has 7 heteroatoms. The number of nitrogens with two attached hydrogens (primary N) is 1. The van der Waals surface area contributed by atoms with E-state index in [-0.39, 0.29) is 10.6 Å². The molecule has 0 aliphatic heterocycles. The molecule has 2 rings (SSSR count). The number of ether oxygens (including phenoxy) is 2. The van der Waals surface area contributed by atoms with Gasteiger partial charge in [0.25, 0.3) is 10.0 Å². The second-order valence-electron chi connectivity index (χ2n) is 4.25. The molecule has 0 aliphatic rings. The molecule has 0 saturated heterocycles. The van der Waals surface area contributed by atoms with Crippen molar-refractivity contribution in [3.63, 3.8) is 0 Å². The molecule has 2 aromatic rings. The van der Waals surface area contributed by atoms with Gasteiger partial charge in [0.1, 0.15) is 16.4 Å². The van der Waals surface area contributed by atoms with Gasteiger partial charge >= 0.3 is 0 Å². The predicted molar refractivity (Wildman–Crippen MR) is 81.2 cm³/mol. The fourth-order valence-electron chi connectivity index (χ4n) is 1.81. The van der Waals surface area contributed by atoms with E-state index in [1.807, 2.05) is 0 Å². The molecule has 0 unspecified atom stereocenters. The van der Waals surface area contributed by atoms with E-state index in [0.717, 1.165) is 0 Å². The number of sulfonamides is 1. The summed E-state index contributed by atoms with van der Waals surface area (Å²) in [6.07, 6.45) is 0.